The van der Waals surface area contributed by atoms with Crippen molar-refractivity contribution in [2.24, 2.45) is 0 Å². The summed E-state index contributed by atoms with van der Waals surface area (Å²) in [6, 6.07) is 0. The van der Waals surface area contributed by atoms with E-state index in [0.717, 1.165) is 19.6 Å². The second-order valence-corrected chi connectivity index (χ2v) is 3.51. The Morgan fingerprint density at radius 2 is 2.00 bits per heavy atom. The molecule has 13 heavy (non-hydrogen) atoms. The van der Waals surface area contributed by atoms with Gasteiger partial charge < -0.3 is 10.4 Å². The van der Waals surface area contributed by atoms with Crippen LogP contribution in [0.4, 0.5) is 0 Å². The standard InChI is InChI=1S/C10H24N2O/c1-4-6-7-8-11-9-12(3)10(13)5-2/h10-11,13H,4-9H2,1-3H3. The Morgan fingerprint density at radius 3 is 2.54 bits per heavy atom. The van der Waals surface area contributed by atoms with Crippen LogP contribution in [-0.2, 0) is 0 Å². The fourth-order valence-corrected chi connectivity index (χ4v) is 1.17. The number of nitrogens with zero attached hydrogens (tertiary/aromatic N) is 1. The van der Waals surface area contributed by atoms with Gasteiger partial charge in [0.1, 0.15) is 6.23 Å². The van der Waals surface area contributed by atoms with E-state index in [4.69, 9.17) is 0 Å². The van der Waals surface area contributed by atoms with Crippen LogP contribution in [-0.4, -0.2) is 36.5 Å². The molecule has 80 valence electrons. The van der Waals surface area contributed by atoms with Gasteiger partial charge in [-0.2, -0.15) is 0 Å². The van der Waals surface area contributed by atoms with Gasteiger partial charge in [-0.25, -0.2) is 0 Å². The molecule has 0 fully saturated rings. The topological polar surface area (TPSA) is 35.5 Å². The van der Waals surface area contributed by atoms with Gasteiger partial charge in [0.15, 0.2) is 0 Å². The Labute approximate surface area is 82.1 Å². The highest BCUT2D eigenvalue weighted by atomic mass is 16.3. The van der Waals surface area contributed by atoms with Crippen molar-refractivity contribution < 1.29 is 5.11 Å². The summed E-state index contributed by atoms with van der Waals surface area (Å²) >= 11 is 0. The van der Waals surface area contributed by atoms with E-state index in [0.29, 0.717) is 0 Å². The van der Waals surface area contributed by atoms with E-state index in [1.165, 1.54) is 19.3 Å². The lowest BCUT2D eigenvalue weighted by atomic mass is 10.2. The molecule has 1 atom stereocenters. The summed E-state index contributed by atoms with van der Waals surface area (Å²) in [5.41, 5.74) is 0. The van der Waals surface area contributed by atoms with Crippen LogP contribution in [0.1, 0.15) is 39.5 Å². The van der Waals surface area contributed by atoms with Crippen molar-refractivity contribution in [3.8, 4) is 0 Å². The first-order valence-electron chi connectivity index (χ1n) is 5.31. The van der Waals surface area contributed by atoms with Crippen molar-refractivity contribution >= 4 is 0 Å². The summed E-state index contributed by atoms with van der Waals surface area (Å²) < 4.78 is 0. The summed E-state index contributed by atoms with van der Waals surface area (Å²) in [5.74, 6) is 0. The fourth-order valence-electron chi connectivity index (χ4n) is 1.17. The Morgan fingerprint density at radius 1 is 1.31 bits per heavy atom. The highest BCUT2D eigenvalue weighted by Gasteiger charge is 2.06. The van der Waals surface area contributed by atoms with Crippen LogP contribution < -0.4 is 5.32 Å². The van der Waals surface area contributed by atoms with Crippen molar-refractivity contribution in [1.29, 1.82) is 0 Å². The first-order chi connectivity index (χ1) is 6.22. The number of rotatable bonds is 8. The Bertz CT molecular complexity index is 109. The average Bonchev–Trinajstić information content (AvgIpc) is 2.16. The zero-order chi connectivity index (χ0) is 10.1. The third kappa shape index (κ3) is 6.99. The molecule has 0 saturated heterocycles. The molecule has 0 aliphatic rings. The summed E-state index contributed by atoms with van der Waals surface area (Å²) in [4.78, 5) is 1.92. The maximum absolute atomic E-state index is 9.42. The zero-order valence-corrected chi connectivity index (χ0v) is 9.21. The smallest absolute Gasteiger partial charge is 0.107 e. The number of aliphatic hydroxyl groups is 1. The second kappa shape index (κ2) is 8.48. The Balaban J connectivity index is 3.21. The molecule has 0 heterocycles. The summed E-state index contributed by atoms with van der Waals surface area (Å²) in [7, 11) is 1.93. The van der Waals surface area contributed by atoms with Gasteiger partial charge in [0.25, 0.3) is 0 Å². The second-order valence-electron chi connectivity index (χ2n) is 3.51. The van der Waals surface area contributed by atoms with E-state index in [9.17, 15) is 5.11 Å². The number of unbranched alkanes of at least 4 members (excludes halogenated alkanes) is 2. The number of nitrogens with one attached hydrogen (secondary N) is 1. The normalized spacial score (nSPS) is 13.6. The fraction of sp³-hybridized carbons (Fsp3) is 1.00. The van der Waals surface area contributed by atoms with Crippen molar-refractivity contribution in [3.63, 3.8) is 0 Å². The molecule has 0 aromatic rings. The third-order valence-corrected chi connectivity index (χ3v) is 2.19. The minimum absolute atomic E-state index is 0.307. The summed E-state index contributed by atoms with van der Waals surface area (Å²) in [5, 5.41) is 12.7. The molecule has 3 nitrogen and oxygen atoms in total. The van der Waals surface area contributed by atoms with Crippen LogP contribution in [0.15, 0.2) is 0 Å². The zero-order valence-electron chi connectivity index (χ0n) is 9.21. The highest BCUT2D eigenvalue weighted by molar-refractivity contribution is 4.53. The van der Waals surface area contributed by atoms with Gasteiger partial charge in [-0.15, -0.1) is 0 Å². The molecule has 0 spiro atoms. The molecule has 1 unspecified atom stereocenters. The van der Waals surface area contributed by atoms with Crippen molar-refractivity contribution in [1.82, 2.24) is 10.2 Å². The first-order valence-corrected chi connectivity index (χ1v) is 5.31. The van der Waals surface area contributed by atoms with E-state index < -0.39 is 0 Å². The van der Waals surface area contributed by atoms with Crippen LogP contribution in [0.5, 0.6) is 0 Å². The monoisotopic (exact) mass is 188 g/mol. The molecule has 0 aliphatic carbocycles. The molecular weight excluding hydrogens is 164 g/mol. The van der Waals surface area contributed by atoms with Crippen molar-refractivity contribution in [2.75, 3.05) is 20.3 Å². The molecule has 0 saturated carbocycles. The lowest BCUT2D eigenvalue weighted by Gasteiger charge is -2.22. The lowest BCUT2D eigenvalue weighted by molar-refractivity contribution is 0.0147. The molecule has 0 radical (unpaired) electrons. The van der Waals surface area contributed by atoms with Gasteiger partial charge in [0.05, 0.1) is 6.67 Å². The van der Waals surface area contributed by atoms with Gasteiger partial charge in [-0.3, -0.25) is 4.90 Å². The van der Waals surface area contributed by atoms with Gasteiger partial charge >= 0.3 is 0 Å². The van der Waals surface area contributed by atoms with E-state index >= 15 is 0 Å². The molecule has 3 heteroatoms. The highest BCUT2D eigenvalue weighted by Crippen LogP contribution is 1.95. The largest absolute Gasteiger partial charge is 0.378 e. The molecular formula is C10H24N2O. The predicted octanol–water partition coefficient (Wildman–Crippen LogP) is 1.38. The molecule has 0 amide bonds. The molecule has 0 bridgehead atoms. The molecule has 0 aliphatic heterocycles. The van der Waals surface area contributed by atoms with Gasteiger partial charge in [-0.05, 0) is 26.4 Å². The van der Waals surface area contributed by atoms with Crippen LogP contribution in [0.3, 0.4) is 0 Å². The first kappa shape index (κ1) is 12.9. The Hall–Kier alpha value is -0.120. The molecule has 0 aromatic heterocycles. The average molecular weight is 188 g/mol. The lowest BCUT2D eigenvalue weighted by Crippen LogP contribution is -2.38. The van der Waals surface area contributed by atoms with Crippen LogP contribution >= 0.6 is 0 Å². The quantitative estimate of drug-likeness (QED) is 0.446. The predicted molar refractivity (Wildman–Crippen MR) is 56.5 cm³/mol. The van der Waals surface area contributed by atoms with Gasteiger partial charge in [-0.1, -0.05) is 26.7 Å². The maximum Gasteiger partial charge on any atom is 0.107 e. The number of aliphatic hydroxyl groups excluding tert-OH is 1. The summed E-state index contributed by atoms with van der Waals surface area (Å²) in [6.07, 6.45) is 4.25. The number of hydrogen-bond acceptors (Lipinski definition) is 3. The molecule has 0 rings (SSSR count). The van der Waals surface area contributed by atoms with E-state index in [2.05, 4.69) is 12.2 Å². The SMILES string of the molecule is CCCCCNCN(C)C(O)CC. The van der Waals surface area contributed by atoms with Crippen LogP contribution in [0, 0.1) is 0 Å². The van der Waals surface area contributed by atoms with Crippen LogP contribution in [0.25, 0.3) is 0 Å². The minimum atomic E-state index is -0.307. The van der Waals surface area contributed by atoms with Crippen molar-refractivity contribution in [3.05, 3.63) is 0 Å². The Kier molecular flexibility index (Phi) is 8.40. The van der Waals surface area contributed by atoms with Crippen molar-refractivity contribution in [2.45, 2.75) is 45.8 Å². The maximum atomic E-state index is 9.42. The molecule has 0 aromatic carbocycles. The third-order valence-electron chi connectivity index (χ3n) is 2.19. The van der Waals surface area contributed by atoms with Gasteiger partial charge in [0, 0.05) is 0 Å². The number of hydrogen-bond donors (Lipinski definition) is 2. The van der Waals surface area contributed by atoms with E-state index in [1.54, 1.807) is 0 Å². The van der Waals surface area contributed by atoms with Gasteiger partial charge in [0.2, 0.25) is 0 Å². The minimum Gasteiger partial charge on any atom is -0.378 e. The van der Waals surface area contributed by atoms with Crippen LogP contribution in [0.2, 0.25) is 0 Å². The summed E-state index contributed by atoms with van der Waals surface area (Å²) in [6.45, 7) is 6.01. The molecule has 2 N–H and O–H groups in total. The van der Waals surface area contributed by atoms with E-state index in [-0.39, 0.29) is 6.23 Å². The van der Waals surface area contributed by atoms with E-state index in [1.807, 2.05) is 18.9 Å².